The molecule has 0 aromatic carbocycles. The Balaban J connectivity index is 1.64. The van der Waals surface area contributed by atoms with Crippen molar-refractivity contribution in [2.45, 2.75) is 57.8 Å². The number of rotatable bonds is 6. The zero-order chi connectivity index (χ0) is 18.2. The standard InChI is InChI=1S/C17H26N4O2S2/c1-17(2)22-13(5-7-20-11-9-18(3)15(20)24)14(23-17)6-8-21-12-10-19(4)16(21)25/h9-14H,5-8H2,1-4H3/t13-,14-/m1/s1. The van der Waals surface area contributed by atoms with Crippen LogP contribution in [0.25, 0.3) is 0 Å². The number of imidazole rings is 2. The normalized spacial score (nSPS) is 22.6. The average molecular weight is 383 g/mol. The van der Waals surface area contributed by atoms with Crippen LogP contribution in [0.5, 0.6) is 0 Å². The molecule has 0 saturated carbocycles. The second-order valence-electron chi connectivity index (χ2n) is 7.06. The summed E-state index contributed by atoms with van der Waals surface area (Å²) >= 11 is 10.8. The van der Waals surface area contributed by atoms with E-state index >= 15 is 0 Å². The Morgan fingerprint density at radius 2 is 1.24 bits per heavy atom. The zero-order valence-electron chi connectivity index (χ0n) is 15.2. The number of hydrogen-bond donors (Lipinski definition) is 0. The van der Waals surface area contributed by atoms with Crippen molar-refractivity contribution in [2.24, 2.45) is 14.1 Å². The molecule has 0 spiro atoms. The first-order valence-electron chi connectivity index (χ1n) is 8.56. The van der Waals surface area contributed by atoms with Gasteiger partial charge in [0.1, 0.15) is 0 Å². The molecule has 3 rings (SSSR count). The molecule has 0 N–H and O–H groups in total. The molecule has 3 heterocycles. The Hall–Kier alpha value is -1.22. The minimum atomic E-state index is -0.550. The summed E-state index contributed by atoms with van der Waals surface area (Å²) in [6, 6.07) is 0. The van der Waals surface area contributed by atoms with Gasteiger partial charge in [0.15, 0.2) is 15.3 Å². The molecule has 1 fully saturated rings. The maximum Gasteiger partial charge on any atom is 0.179 e. The number of hydrogen-bond acceptors (Lipinski definition) is 4. The first-order chi connectivity index (χ1) is 11.8. The summed E-state index contributed by atoms with van der Waals surface area (Å²) in [7, 11) is 3.92. The topological polar surface area (TPSA) is 38.2 Å². The van der Waals surface area contributed by atoms with Crippen LogP contribution in [0.3, 0.4) is 0 Å². The molecule has 0 amide bonds. The highest BCUT2D eigenvalue weighted by molar-refractivity contribution is 7.71. The quantitative estimate of drug-likeness (QED) is 0.718. The van der Waals surface area contributed by atoms with Gasteiger partial charge in [0.05, 0.1) is 12.2 Å². The molecule has 0 radical (unpaired) electrons. The van der Waals surface area contributed by atoms with Crippen LogP contribution in [0, 0.1) is 9.54 Å². The van der Waals surface area contributed by atoms with Crippen molar-refractivity contribution >= 4 is 24.4 Å². The minimum Gasteiger partial charge on any atom is -0.345 e. The van der Waals surface area contributed by atoms with E-state index in [1.807, 2.05) is 61.9 Å². The molecule has 0 unspecified atom stereocenters. The molecule has 0 aliphatic carbocycles. The molecule has 1 aliphatic rings. The summed E-state index contributed by atoms with van der Waals surface area (Å²) in [5.74, 6) is -0.550. The van der Waals surface area contributed by atoms with Crippen LogP contribution in [0.1, 0.15) is 26.7 Å². The van der Waals surface area contributed by atoms with Gasteiger partial charge in [0.25, 0.3) is 0 Å². The van der Waals surface area contributed by atoms with E-state index in [2.05, 4.69) is 9.13 Å². The highest BCUT2D eigenvalue weighted by Gasteiger charge is 2.40. The van der Waals surface area contributed by atoms with Crippen LogP contribution in [0.15, 0.2) is 24.8 Å². The van der Waals surface area contributed by atoms with E-state index in [-0.39, 0.29) is 12.2 Å². The van der Waals surface area contributed by atoms with Crippen LogP contribution >= 0.6 is 24.4 Å². The predicted octanol–water partition coefficient (Wildman–Crippen LogP) is 3.43. The third kappa shape index (κ3) is 4.13. The fourth-order valence-corrected chi connectivity index (χ4v) is 3.72. The Labute approximate surface area is 158 Å². The lowest BCUT2D eigenvalue weighted by atomic mass is 10.1. The van der Waals surface area contributed by atoms with Crippen molar-refractivity contribution in [1.29, 1.82) is 0 Å². The summed E-state index contributed by atoms with van der Waals surface area (Å²) in [6.07, 6.45) is 9.83. The molecule has 2 atom stereocenters. The monoisotopic (exact) mass is 382 g/mol. The summed E-state index contributed by atoms with van der Waals surface area (Å²) in [6.45, 7) is 5.60. The summed E-state index contributed by atoms with van der Waals surface area (Å²) in [5.41, 5.74) is 0. The first-order valence-corrected chi connectivity index (χ1v) is 9.37. The second kappa shape index (κ2) is 7.19. The molecule has 138 valence electrons. The van der Waals surface area contributed by atoms with Crippen LogP contribution in [0.2, 0.25) is 0 Å². The highest BCUT2D eigenvalue weighted by Crippen LogP contribution is 2.32. The first kappa shape index (κ1) is 18.6. The smallest absolute Gasteiger partial charge is 0.179 e. The highest BCUT2D eigenvalue weighted by atomic mass is 32.1. The van der Waals surface area contributed by atoms with E-state index in [0.29, 0.717) is 0 Å². The van der Waals surface area contributed by atoms with Crippen molar-refractivity contribution in [3.8, 4) is 0 Å². The van der Waals surface area contributed by atoms with Gasteiger partial charge < -0.3 is 27.7 Å². The van der Waals surface area contributed by atoms with E-state index in [1.54, 1.807) is 0 Å². The SMILES string of the molecule is Cn1ccn(CC[C@H]2OC(C)(C)O[C@@H]2CCn2ccn(C)c2=S)c1=S. The van der Waals surface area contributed by atoms with E-state index in [0.717, 1.165) is 35.5 Å². The average Bonchev–Trinajstić information content (AvgIpc) is 3.15. The van der Waals surface area contributed by atoms with Gasteiger partial charge in [-0.3, -0.25) is 0 Å². The second-order valence-corrected chi connectivity index (χ2v) is 7.79. The van der Waals surface area contributed by atoms with Gasteiger partial charge in [-0.25, -0.2) is 0 Å². The lowest BCUT2D eigenvalue weighted by Crippen LogP contribution is -2.25. The molecule has 0 bridgehead atoms. The van der Waals surface area contributed by atoms with Crippen LogP contribution in [0.4, 0.5) is 0 Å². The van der Waals surface area contributed by atoms with Gasteiger partial charge in [0, 0.05) is 52.0 Å². The van der Waals surface area contributed by atoms with Crippen molar-refractivity contribution in [3.63, 3.8) is 0 Å². The van der Waals surface area contributed by atoms with Crippen molar-refractivity contribution < 1.29 is 9.47 Å². The summed E-state index contributed by atoms with van der Waals surface area (Å²) in [4.78, 5) is 0. The van der Waals surface area contributed by atoms with Crippen LogP contribution < -0.4 is 0 Å². The molecule has 25 heavy (non-hydrogen) atoms. The predicted molar refractivity (Wildman–Crippen MR) is 102 cm³/mol. The largest absolute Gasteiger partial charge is 0.345 e. The summed E-state index contributed by atoms with van der Waals surface area (Å²) < 4.78 is 22.0. The lowest BCUT2D eigenvalue weighted by molar-refractivity contribution is -0.147. The number of aryl methyl sites for hydroxylation is 4. The van der Waals surface area contributed by atoms with Gasteiger partial charge >= 0.3 is 0 Å². The Bertz CT molecular complexity index is 777. The molecular formula is C17H26N4O2S2. The number of aromatic nitrogens is 4. The summed E-state index contributed by atoms with van der Waals surface area (Å²) in [5, 5.41) is 0. The third-order valence-corrected chi connectivity index (χ3v) is 5.67. The number of nitrogens with zero attached hydrogens (tertiary/aromatic N) is 4. The third-order valence-electron chi connectivity index (χ3n) is 4.63. The van der Waals surface area contributed by atoms with E-state index < -0.39 is 5.79 Å². The van der Waals surface area contributed by atoms with Crippen molar-refractivity contribution in [2.75, 3.05) is 0 Å². The van der Waals surface area contributed by atoms with Gasteiger partial charge in [-0.05, 0) is 51.1 Å². The molecule has 1 aliphatic heterocycles. The maximum atomic E-state index is 6.14. The molecule has 8 heteroatoms. The Morgan fingerprint density at radius 1 is 0.840 bits per heavy atom. The molecule has 2 aromatic heterocycles. The lowest BCUT2D eigenvalue weighted by Gasteiger charge is -2.17. The van der Waals surface area contributed by atoms with Gasteiger partial charge in [-0.2, -0.15) is 0 Å². The minimum absolute atomic E-state index is 0.0509. The zero-order valence-corrected chi connectivity index (χ0v) is 16.8. The van der Waals surface area contributed by atoms with Crippen LogP contribution in [-0.4, -0.2) is 36.3 Å². The molecular weight excluding hydrogens is 356 g/mol. The molecule has 6 nitrogen and oxygen atoms in total. The van der Waals surface area contributed by atoms with Gasteiger partial charge in [0.2, 0.25) is 0 Å². The fraction of sp³-hybridized carbons (Fsp3) is 0.647. The fourth-order valence-electron chi connectivity index (χ4n) is 3.29. The Kier molecular flexibility index (Phi) is 5.34. The van der Waals surface area contributed by atoms with Crippen LogP contribution in [-0.2, 0) is 36.7 Å². The van der Waals surface area contributed by atoms with E-state index in [9.17, 15) is 0 Å². The Morgan fingerprint density at radius 3 is 1.56 bits per heavy atom. The molecule has 1 saturated heterocycles. The van der Waals surface area contributed by atoms with E-state index in [4.69, 9.17) is 33.9 Å². The van der Waals surface area contributed by atoms with E-state index in [1.165, 1.54) is 0 Å². The number of ether oxygens (including phenoxy) is 2. The maximum absolute atomic E-state index is 6.14. The van der Waals surface area contributed by atoms with Gasteiger partial charge in [-0.15, -0.1) is 0 Å². The molecule has 2 aromatic rings. The van der Waals surface area contributed by atoms with Crippen molar-refractivity contribution in [3.05, 3.63) is 34.3 Å². The van der Waals surface area contributed by atoms with Gasteiger partial charge in [-0.1, -0.05) is 0 Å². The van der Waals surface area contributed by atoms with Crippen molar-refractivity contribution in [1.82, 2.24) is 18.3 Å².